The van der Waals surface area contributed by atoms with Crippen LogP contribution in [0.15, 0.2) is 0 Å². The monoisotopic (exact) mass is 238 g/mol. The van der Waals surface area contributed by atoms with E-state index in [1.807, 2.05) is 6.92 Å². The summed E-state index contributed by atoms with van der Waals surface area (Å²) in [4.78, 5) is 0. The minimum absolute atomic E-state index is 0. The van der Waals surface area contributed by atoms with Gasteiger partial charge in [0.05, 0.1) is 0 Å². The molecule has 0 bridgehead atoms. The first kappa shape index (κ1) is 17.2. The van der Waals surface area contributed by atoms with Crippen molar-refractivity contribution in [2.75, 3.05) is 0 Å². The summed E-state index contributed by atoms with van der Waals surface area (Å²) in [6.07, 6.45) is 1.38. The van der Waals surface area contributed by atoms with Crippen LogP contribution in [0.3, 0.4) is 0 Å². The molecule has 0 aliphatic rings. The van der Waals surface area contributed by atoms with Crippen molar-refractivity contribution in [2.45, 2.75) is 44.3 Å². The molecule has 0 aliphatic carbocycles. The van der Waals surface area contributed by atoms with Crippen LogP contribution < -0.4 is 29.6 Å². The topological polar surface area (TPSA) is 57.2 Å². The average Bonchev–Trinajstić information content (AvgIpc) is 1.96. The van der Waals surface area contributed by atoms with Crippen LogP contribution >= 0.6 is 0 Å². The van der Waals surface area contributed by atoms with Crippen LogP contribution in [0.2, 0.25) is 0 Å². The van der Waals surface area contributed by atoms with Gasteiger partial charge < -0.3 is 4.55 Å². The Bertz CT molecular complexity index is 241. The van der Waals surface area contributed by atoms with Crippen molar-refractivity contribution in [3.8, 4) is 0 Å². The van der Waals surface area contributed by atoms with Gasteiger partial charge in [0.15, 0.2) is 10.1 Å². The van der Waals surface area contributed by atoms with E-state index >= 15 is 0 Å². The summed E-state index contributed by atoms with van der Waals surface area (Å²) in [6.45, 7) is 1.91. The van der Waals surface area contributed by atoms with Gasteiger partial charge in [-0.15, -0.1) is 0 Å². The molecule has 3 nitrogen and oxygen atoms in total. The van der Waals surface area contributed by atoms with Crippen LogP contribution in [0.25, 0.3) is 0 Å². The van der Waals surface area contributed by atoms with Crippen LogP contribution in [0.1, 0.15) is 39.0 Å². The van der Waals surface area contributed by atoms with E-state index < -0.39 is 21.8 Å². The Morgan fingerprint density at radius 3 is 2.07 bits per heavy atom. The normalized spacial score (nSPS) is 12.3. The maximum atomic E-state index is 12.5. The Hall–Kier alpha value is 0.770. The third-order valence-electron chi connectivity index (χ3n) is 1.69. The molecule has 0 amide bonds. The first-order valence-electron chi connectivity index (χ1n) is 4.14. The van der Waals surface area contributed by atoms with Gasteiger partial charge >= 0.3 is 34.8 Å². The van der Waals surface area contributed by atoms with Crippen LogP contribution in [0.5, 0.6) is 0 Å². The molecule has 0 radical (unpaired) electrons. The van der Waals surface area contributed by atoms with E-state index in [1.54, 1.807) is 0 Å². The Morgan fingerprint density at radius 2 is 1.71 bits per heavy atom. The molecule has 0 saturated carbocycles. The van der Waals surface area contributed by atoms with Crippen LogP contribution in [0.4, 0.5) is 8.78 Å². The van der Waals surface area contributed by atoms with Gasteiger partial charge in [0.2, 0.25) is 0 Å². The van der Waals surface area contributed by atoms with Crippen molar-refractivity contribution >= 4 is 10.1 Å². The van der Waals surface area contributed by atoms with Gasteiger partial charge in [0.25, 0.3) is 0 Å². The molecule has 0 atom stereocenters. The molecule has 0 unspecified atom stereocenters. The molecule has 0 fully saturated rings. The maximum absolute atomic E-state index is 12.5. The largest absolute Gasteiger partial charge is 1.00 e. The fourth-order valence-electron chi connectivity index (χ4n) is 0.883. The smallest absolute Gasteiger partial charge is 0.743 e. The van der Waals surface area contributed by atoms with Crippen LogP contribution in [0, 0.1) is 0 Å². The summed E-state index contributed by atoms with van der Waals surface area (Å²) < 4.78 is 54.9. The van der Waals surface area contributed by atoms with E-state index in [-0.39, 0.29) is 36.0 Å². The maximum Gasteiger partial charge on any atom is 1.00 e. The summed E-state index contributed by atoms with van der Waals surface area (Å²) >= 11 is 0. The predicted molar refractivity (Wildman–Crippen MR) is 43.4 cm³/mol. The minimum Gasteiger partial charge on any atom is -0.743 e. The minimum atomic E-state index is -5.47. The zero-order chi connectivity index (χ0) is 10.5. The van der Waals surface area contributed by atoms with E-state index in [4.69, 9.17) is 0 Å². The Kier molecular flexibility index (Phi) is 8.72. The van der Waals surface area contributed by atoms with Crippen LogP contribution in [-0.4, -0.2) is 18.2 Å². The summed E-state index contributed by atoms with van der Waals surface area (Å²) in [6, 6.07) is 0. The van der Waals surface area contributed by atoms with E-state index in [1.165, 1.54) is 0 Å². The molecular weight excluding hydrogens is 225 g/mol. The van der Waals surface area contributed by atoms with Crippen LogP contribution in [-0.2, 0) is 10.1 Å². The molecule has 0 aliphatic heterocycles. The van der Waals surface area contributed by atoms with E-state index in [9.17, 15) is 21.8 Å². The molecule has 0 saturated heterocycles. The number of rotatable bonds is 6. The second kappa shape index (κ2) is 7.11. The molecular formula is C7H13F2NaO3S. The first-order valence-corrected chi connectivity index (χ1v) is 5.55. The molecule has 0 N–H and O–H groups in total. The molecule has 0 aromatic carbocycles. The van der Waals surface area contributed by atoms with Gasteiger partial charge in [-0.05, 0) is 6.42 Å². The van der Waals surface area contributed by atoms with Gasteiger partial charge in [-0.1, -0.05) is 26.2 Å². The van der Waals surface area contributed by atoms with Crippen molar-refractivity contribution in [3.63, 3.8) is 0 Å². The standard InChI is InChI=1S/C7H14F2O3S.Na/c1-2-3-4-5-6-7(8,9)13(10,11)12;/h2-6H2,1H3,(H,10,11,12);/q;+1/p-1. The zero-order valence-corrected chi connectivity index (χ0v) is 11.2. The van der Waals surface area contributed by atoms with Crippen molar-refractivity contribution in [2.24, 2.45) is 0 Å². The SMILES string of the molecule is CCCCCCC(F)(F)S(=O)(=O)[O-].[Na+]. The van der Waals surface area contributed by atoms with E-state index in [0.29, 0.717) is 6.42 Å². The zero-order valence-electron chi connectivity index (χ0n) is 8.42. The third kappa shape index (κ3) is 6.29. The molecule has 0 aromatic rings. The first-order chi connectivity index (χ1) is 5.81. The number of halogens is 2. The number of hydrogen-bond acceptors (Lipinski definition) is 3. The Morgan fingerprint density at radius 1 is 1.21 bits per heavy atom. The van der Waals surface area contributed by atoms with Crippen molar-refractivity contribution in [1.82, 2.24) is 0 Å². The molecule has 80 valence electrons. The number of alkyl halides is 2. The quantitative estimate of drug-likeness (QED) is 0.342. The van der Waals surface area contributed by atoms with E-state index in [0.717, 1.165) is 12.8 Å². The fourth-order valence-corrected chi connectivity index (χ4v) is 1.28. The summed E-state index contributed by atoms with van der Waals surface area (Å²) in [5.74, 6) is 0. The van der Waals surface area contributed by atoms with Crippen molar-refractivity contribution in [3.05, 3.63) is 0 Å². The van der Waals surface area contributed by atoms with Gasteiger partial charge in [-0.2, -0.15) is 8.78 Å². The molecule has 7 heteroatoms. The summed E-state index contributed by atoms with van der Waals surface area (Å²) in [5, 5.41) is -4.10. The predicted octanol–water partition coefficient (Wildman–Crippen LogP) is -0.901. The third-order valence-corrected chi connectivity index (χ3v) is 2.62. The molecule has 0 spiro atoms. The molecule has 0 aromatic heterocycles. The Labute approximate surface area is 105 Å². The molecule has 14 heavy (non-hydrogen) atoms. The summed E-state index contributed by atoms with van der Waals surface area (Å²) in [7, 11) is -5.47. The summed E-state index contributed by atoms with van der Waals surface area (Å²) in [5.41, 5.74) is 0. The second-order valence-corrected chi connectivity index (χ2v) is 4.41. The van der Waals surface area contributed by atoms with Crippen molar-refractivity contribution in [1.29, 1.82) is 0 Å². The molecule has 0 rings (SSSR count). The van der Waals surface area contributed by atoms with Crippen molar-refractivity contribution < 1.29 is 51.3 Å². The van der Waals surface area contributed by atoms with Gasteiger partial charge in [0, 0.05) is 6.42 Å². The van der Waals surface area contributed by atoms with E-state index in [2.05, 4.69) is 0 Å². The molecule has 0 heterocycles. The Balaban J connectivity index is 0. The van der Waals surface area contributed by atoms with Gasteiger partial charge in [-0.25, -0.2) is 8.42 Å². The second-order valence-electron chi connectivity index (χ2n) is 2.90. The van der Waals surface area contributed by atoms with Gasteiger partial charge in [0.1, 0.15) is 0 Å². The fraction of sp³-hybridized carbons (Fsp3) is 1.00. The number of hydrogen-bond donors (Lipinski definition) is 0. The number of unbranched alkanes of at least 4 members (excludes halogenated alkanes) is 3. The average molecular weight is 238 g/mol. The van der Waals surface area contributed by atoms with Gasteiger partial charge in [-0.3, -0.25) is 0 Å².